The lowest BCUT2D eigenvalue weighted by Crippen LogP contribution is -2.48. The Morgan fingerprint density at radius 3 is 1.44 bits per heavy atom. The third-order valence-electron chi connectivity index (χ3n) is 2.54. The van der Waals surface area contributed by atoms with Gasteiger partial charge in [-0.2, -0.15) is 0 Å². The first-order valence-corrected chi connectivity index (χ1v) is 5.09. The Hall–Kier alpha value is -1.40. The number of rotatable bonds is 4. The number of carbonyl (C=O) groups excluding carboxylic acids is 2. The Balaban J connectivity index is 2.28. The Bertz CT molecular complexity index is 265. The van der Waals surface area contributed by atoms with Gasteiger partial charge >= 0.3 is 0 Å². The molecule has 16 heavy (non-hydrogen) atoms. The molecule has 0 aromatic rings. The first-order valence-electron chi connectivity index (χ1n) is 5.09. The number of aliphatic imine (C=N–C) groups is 2. The van der Waals surface area contributed by atoms with Crippen LogP contribution in [0.2, 0.25) is 0 Å². The van der Waals surface area contributed by atoms with Crippen LogP contribution in [0.4, 0.5) is 0 Å². The van der Waals surface area contributed by atoms with Gasteiger partial charge in [-0.3, -0.25) is 19.4 Å². The monoisotopic (exact) mass is 224 g/mol. The fourth-order valence-corrected chi connectivity index (χ4v) is 1.59. The summed E-state index contributed by atoms with van der Waals surface area (Å²) in [6.45, 7) is 10.0. The van der Waals surface area contributed by atoms with E-state index in [9.17, 15) is 9.59 Å². The quantitative estimate of drug-likeness (QED) is 0.578. The molecule has 1 saturated heterocycles. The summed E-state index contributed by atoms with van der Waals surface area (Å²) in [5, 5.41) is 0. The molecule has 0 unspecified atom stereocenters. The Morgan fingerprint density at radius 2 is 1.19 bits per heavy atom. The van der Waals surface area contributed by atoms with E-state index in [1.807, 2.05) is 9.80 Å². The summed E-state index contributed by atoms with van der Waals surface area (Å²) < 4.78 is 0. The van der Waals surface area contributed by atoms with Crippen LogP contribution in [0.1, 0.15) is 0 Å². The van der Waals surface area contributed by atoms with Gasteiger partial charge in [-0.05, 0) is 13.4 Å². The van der Waals surface area contributed by atoms with Gasteiger partial charge in [0.1, 0.15) is 0 Å². The minimum absolute atomic E-state index is 0.211. The number of piperazine rings is 1. The van der Waals surface area contributed by atoms with Gasteiger partial charge in [0.25, 0.3) is 11.8 Å². The second-order valence-corrected chi connectivity index (χ2v) is 3.66. The maximum Gasteiger partial charge on any atom is 0.259 e. The standard InChI is InChI=1S/C10H16N4O2/c1-11-9(15)7-13-3-5-14(6-4-13)8-10(16)12-2/h1-8H2. The van der Waals surface area contributed by atoms with Crippen molar-refractivity contribution in [3.05, 3.63) is 0 Å². The summed E-state index contributed by atoms with van der Waals surface area (Å²) in [4.78, 5) is 32.7. The third-order valence-corrected chi connectivity index (χ3v) is 2.54. The van der Waals surface area contributed by atoms with Crippen molar-refractivity contribution in [2.45, 2.75) is 0 Å². The number of hydrogen-bond donors (Lipinski definition) is 0. The van der Waals surface area contributed by atoms with Crippen LogP contribution in [0, 0.1) is 0 Å². The van der Waals surface area contributed by atoms with E-state index in [0.717, 1.165) is 26.2 Å². The average Bonchev–Trinajstić information content (AvgIpc) is 2.31. The Kier molecular flexibility index (Phi) is 4.94. The van der Waals surface area contributed by atoms with Crippen LogP contribution in [-0.2, 0) is 9.59 Å². The van der Waals surface area contributed by atoms with Gasteiger partial charge in [-0.15, -0.1) is 0 Å². The fourth-order valence-electron chi connectivity index (χ4n) is 1.59. The van der Waals surface area contributed by atoms with E-state index < -0.39 is 0 Å². The topological polar surface area (TPSA) is 65.3 Å². The molecule has 0 aromatic carbocycles. The smallest absolute Gasteiger partial charge is 0.259 e. The second-order valence-electron chi connectivity index (χ2n) is 3.66. The number of nitrogens with zero attached hydrogens (tertiary/aromatic N) is 4. The molecule has 6 nitrogen and oxygen atoms in total. The molecule has 88 valence electrons. The van der Waals surface area contributed by atoms with Crippen molar-refractivity contribution < 1.29 is 9.59 Å². The highest BCUT2D eigenvalue weighted by molar-refractivity contribution is 5.82. The van der Waals surface area contributed by atoms with Crippen molar-refractivity contribution in [1.29, 1.82) is 0 Å². The van der Waals surface area contributed by atoms with Crippen LogP contribution in [0.3, 0.4) is 0 Å². The van der Waals surface area contributed by atoms with Gasteiger partial charge in [0.05, 0.1) is 13.1 Å². The normalized spacial score (nSPS) is 18.0. The minimum Gasteiger partial charge on any atom is -0.292 e. The van der Waals surface area contributed by atoms with E-state index in [2.05, 4.69) is 23.4 Å². The highest BCUT2D eigenvalue weighted by Crippen LogP contribution is 2.01. The molecular weight excluding hydrogens is 208 g/mol. The number of hydrogen-bond acceptors (Lipinski definition) is 4. The predicted molar refractivity (Wildman–Crippen MR) is 62.0 cm³/mol. The first kappa shape index (κ1) is 12.7. The Labute approximate surface area is 94.7 Å². The lowest BCUT2D eigenvalue weighted by Gasteiger charge is -2.33. The molecule has 0 bridgehead atoms. The number of carbonyl (C=O) groups is 2. The van der Waals surface area contributed by atoms with Gasteiger partial charge in [-0.25, -0.2) is 9.98 Å². The molecule has 1 fully saturated rings. The van der Waals surface area contributed by atoms with Crippen molar-refractivity contribution in [2.75, 3.05) is 39.3 Å². The predicted octanol–water partition coefficient (Wildman–Crippen LogP) is -0.942. The molecule has 2 amide bonds. The van der Waals surface area contributed by atoms with Crippen molar-refractivity contribution >= 4 is 25.2 Å². The SMILES string of the molecule is C=NC(=O)CN1CCN(CC(=O)N=C)CC1. The lowest BCUT2D eigenvalue weighted by molar-refractivity contribution is -0.121. The van der Waals surface area contributed by atoms with Gasteiger partial charge < -0.3 is 0 Å². The summed E-state index contributed by atoms with van der Waals surface area (Å²) in [7, 11) is 0. The molecule has 0 aromatic heterocycles. The van der Waals surface area contributed by atoms with Gasteiger partial charge in [0, 0.05) is 26.2 Å². The highest BCUT2D eigenvalue weighted by atomic mass is 16.2. The van der Waals surface area contributed by atoms with Crippen LogP contribution >= 0.6 is 0 Å². The van der Waals surface area contributed by atoms with E-state index in [1.54, 1.807) is 0 Å². The summed E-state index contributed by atoms with van der Waals surface area (Å²) in [6.07, 6.45) is 0. The molecule has 0 saturated carbocycles. The largest absolute Gasteiger partial charge is 0.292 e. The maximum absolute atomic E-state index is 11.0. The molecule has 1 aliphatic heterocycles. The molecular formula is C10H16N4O2. The van der Waals surface area contributed by atoms with Crippen molar-refractivity contribution in [1.82, 2.24) is 9.80 Å². The van der Waals surface area contributed by atoms with E-state index in [4.69, 9.17) is 0 Å². The molecule has 1 heterocycles. The van der Waals surface area contributed by atoms with Gasteiger partial charge in [0.15, 0.2) is 0 Å². The molecule has 0 atom stereocenters. The average molecular weight is 224 g/mol. The van der Waals surface area contributed by atoms with Gasteiger partial charge in [-0.1, -0.05) is 0 Å². The fraction of sp³-hybridized carbons (Fsp3) is 0.600. The van der Waals surface area contributed by atoms with Crippen molar-refractivity contribution in [3.8, 4) is 0 Å². The highest BCUT2D eigenvalue weighted by Gasteiger charge is 2.19. The Morgan fingerprint density at radius 1 is 0.875 bits per heavy atom. The van der Waals surface area contributed by atoms with Crippen LogP contribution in [0.15, 0.2) is 9.98 Å². The van der Waals surface area contributed by atoms with Crippen LogP contribution in [0.5, 0.6) is 0 Å². The van der Waals surface area contributed by atoms with Crippen LogP contribution < -0.4 is 0 Å². The second kappa shape index (κ2) is 6.24. The first-order chi connectivity index (χ1) is 7.65. The minimum atomic E-state index is -0.211. The van der Waals surface area contributed by atoms with E-state index in [0.29, 0.717) is 13.1 Å². The molecule has 0 spiro atoms. The van der Waals surface area contributed by atoms with Crippen LogP contribution in [0.25, 0.3) is 0 Å². The molecule has 0 N–H and O–H groups in total. The zero-order valence-corrected chi connectivity index (χ0v) is 9.26. The summed E-state index contributed by atoms with van der Waals surface area (Å²) in [5.41, 5.74) is 0. The summed E-state index contributed by atoms with van der Waals surface area (Å²) in [6, 6.07) is 0. The zero-order chi connectivity index (χ0) is 12.0. The van der Waals surface area contributed by atoms with E-state index in [-0.39, 0.29) is 11.8 Å². The molecule has 0 aliphatic carbocycles. The maximum atomic E-state index is 11.0. The van der Waals surface area contributed by atoms with Crippen molar-refractivity contribution in [3.63, 3.8) is 0 Å². The van der Waals surface area contributed by atoms with Crippen molar-refractivity contribution in [2.24, 2.45) is 9.98 Å². The van der Waals surface area contributed by atoms with E-state index in [1.165, 1.54) is 0 Å². The summed E-state index contributed by atoms with van der Waals surface area (Å²) in [5.74, 6) is -0.422. The zero-order valence-electron chi connectivity index (χ0n) is 9.26. The van der Waals surface area contributed by atoms with E-state index >= 15 is 0 Å². The molecule has 1 aliphatic rings. The molecule has 0 radical (unpaired) electrons. The third kappa shape index (κ3) is 4.00. The summed E-state index contributed by atoms with van der Waals surface area (Å²) >= 11 is 0. The molecule has 6 heteroatoms. The lowest BCUT2D eigenvalue weighted by atomic mass is 10.3. The molecule has 1 rings (SSSR count). The number of amides is 2. The van der Waals surface area contributed by atoms with Crippen LogP contribution in [-0.4, -0.2) is 74.3 Å². The van der Waals surface area contributed by atoms with Gasteiger partial charge in [0.2, 0.25) is 0 Å².